The molecule has 1 aromatic heterocycles. The maximum atomic E-state index is 13.5. The molecule has 27 heavy (non-hydrogen) atoms. The smallest absolute Gasteiger partial charge is 0.251 e. The number of aromatic nitrogens is 3. The summed E-state index contributed by atoms with van der Waals surface area (Å²) in [5, 5.41) is 13.0. The molecule has 8 nitrogen and oxygen atoms in total. The Hall–Kier alpha value is -2.24. The van der Waals surface area contributed by atoms with Gasteiger partial charge in [-0.05, 0) is 31.5 Å². The maximum absolute atomic E-state index is 13.5. The average Bonchev–Trinajstić information content (AvgIpc) is 3.03. The Bertz CT molecular complexity index is 778. The Kier molecular flexibility index (Phi) is 9.68. The second kappa shape index (κ2) is 11.5. The molecule has 148 valence electrons. The van der Waals surface area contributed by atoms with Crippen LogP contribution in [0.1, 0.15) is 28.7 Å². The van der Waals surface area contributed by atoms with Gasteiger partial charge in [0.05, 0.1) is 0 Å². The van der Waals surface area contributed by atoms with Crippen LogP contribution in [0.2, 0.25) is 0 Å². The summed E-state index contributed by atoms with van der Waals surface area (Å²) in [6.45, 7) is 5.57. The molecule has 2 aromatic rings. The summed E-state index contributed by atoms with van der Waals surface area (Å²) in [4.78, 5) is 20.6. The highest BCUT2D eigenvalue weighted by Gasteiger charge is 2.07. The fourth-order valence-corrected chi connectivity index (χ4v) is 2.15. The van der Waals surface area contributed by atoms with Gasteiger partial charge in [-0.25, -0.2) is 14.4 Å². The molecule has 0 spiro atoms. The number of carbonyl (C=O) groups excluding carboxylic acids is 1. The van der Waals surface area contributed by atoms with Crippen LogP contribution in [0.3, 0.4) is 0 Å². The molecule has 0 radical (unpaired) electrons. The lowest BCUT2D eigenvalue weighted by Gasteiger charge is -2.12. The first-order valence-corrected chi connectivity index (χ1v) is 8.40. The highest BCUT2D eigenvalue weighted by molar-refractivity contribution is 14.0. The van der Waals surface area contributed by atoms with Crippen LogP contribution in [-0.4, -0.2) is 46.3 Å². The number of rotatable bonds is 7. The predicted molar refractivity (Wildman–Crippen MR) is 113 cm³/mol. The quantitative estimate of drug-likeness (QED) is 0.236. The first kappa shape index (κ1) is 22.8. The normalized spacial score (nSPS) is 10.9. The van der Waals surface area contributed by atoms with E-state index >= 15 is 0 Å². The molecular formula is C17H25FIN7O. The monoisotopic (exact) mass is 489 g/mol. The third-order valence-electron chi connectivity index (χ3n) is 3.66. The Morgan fingerprint density at radius 3 is 2.63 bits per heavy atom. The number of aryl methyl sites for hydroxylation is 2. The molecule has 0 atom stereocenters. The largest absolute Gasteiger partial charge is 0.357 e. The summed E-state index contributed by atoms with van der Waals surface area (Å²) < 4.78 is 15.2. The molecule has 2 rings (SSSR count). The van der Waals surface area contributed by atoms with Crippen LogP contribution < -0.4 is 16.0 Å². The van der Waals surface area contributed by atoms with Crippen molar-refractivity contribution in [3.8, 4) is 0 Å². The van der Waals surface area contributed by atoms with Gasteiger partial charge in [0.25, 0.3) is 5.91 Å². The number of aliphatic imine (C=N–C) groups is 1. The van der Waals surface area contributed by atoms with E-state index in [1.165, 1.54) is 12.4 Å². The number of hydrogen-bond donors (Lipinski definition) is 3. The summed E-state index contributed by atoms with van der Waals surface area (Å²) in [7, 11) is 1.81. The molecule has 3 N–H and O–H groups in total. The number of nitrogens with zero attached hydrogens (tertiary/aromatic N) is 4. The van der Waals surface area contributed by atoms with Gasteiger partial charge in [-0.3, -0.25) is 9.48 Å². The molecule has 10 heteroatoms. The van der Waals surface area contributed by atoms with Crippen LogP contribution in [-0.2, 0) is 13.6 Å². The van der Waals surface area contributed by atoms with Crippen molar-refractivity contribution in [1.29, 1.82) is 0 Å². The molecule has 1 aromatic carbocycles. The van der Waals surface area contributed by atoms with Gasteiger partial charge in [0.1, 0.15) is 24.5 Å². The Morgan fingerprint density at radius 2 is 2.00 bits per heavy atom. The van der Waals surface area contributed by atoms with E-state index < -0.39 is 0 Å². The maximum Gasteiger partial charge on any atom is 0.251 e. The third kappa shape index (κ3) is 7.12. The number of benzene rings is 1. The summed E-state index contributed by atoms with van der Waals surface area (Å²) in [6.07, 6.45) is 1.48. The van der Waals surface area contributed by atoms with Crippen molar-refractivity contribution >= 4 is 35.8 Å². The molecule has 0 saturated heterocycles. The lowest BCUT2D eigenvalue weighted by atomic mass is 10.1. The van der Waals surface area contributed by atoms with E-state index in [-0.39, 0.29) is 35.7 Å². The Labute approximate surface area is 175 Å². The van der Waals surface area contributed by atoms with E-state index in [1.54, 1.807) is 23.7 Å². The van der Waals surface area contributed by atoms with Crippen LogP contribution in [0.5, 0.6) is 0 Å². The minimum Gasteiger partial charge on any atom is -0.357 e. The van der Waals surface area contributed by atoms with Gasteiger partial charge in [0.2, 0.25) is 0 Å². The van der Waals surface area contributed by atoms with E-state index in [0.717, 1.165) is 5.82 Å². The van der Waals surface area contributed by atoms with Crippen LogP contribution >= 0.6 is 24.0 Å². The molecule has 0 unspecified atom stereocenters. The van der Waals surface area contributed by atoms with Gasteiger partial charge in [0, 0.05) is 32.2 Å². The van der Waals surface area contributed by atoms with Gasteiger partial charge >= 0.3 is 0 Å². The van der Waals surface area contributed by atoms with Gasteiger partial charge < -0.3 is 16.0 Å². The van der Waals surface area contributed by atoms with Crippen molar-refractivity contribution in [2.45, 2.75) is 20.4 Å². The minimum atomic E-state index is -0.388. The molecule has 0 aliphatic carbocycles. The fourth-order valence-electron chi connectivity index (χ4n) is 2.15. The second-order valence-corrected chi connectivity index (χ2v) is 5.64. The predicted octanol–water partition coefficient (Wildman–Crippen LogP) is 1.37. The summed E-state index contributed by atoms with van der Waals surface area (Å²) in [5.74, 6) is 0.663. The van der Waals surface area contributed by atoms with E-state index in [9.17, 15) is 9.18 Å². The lowest BCUT2D eigenvalue weighted by Crippen LogP contribution is -2.41. The molecule has 0 bridgehead atoms. The second-order valence-electron chi connectivity index (χ2n) is 5.64. The SMILES string of the molecule is CCNC(=NCc1ncnn1C)NCCNC(=O)c1ccc(C)c(F)c1.I. The fraction of sp³-hybridized carbons (Fsp3) is 0.412. The zero-order valence-electron chi connectivity index (χ0n) is 15.6. The zero-order valence-corrected chi connectivity index (χ0v) is 18.0. The topological polar surface area (TPSA) is 96.2 Å². The van der Waals surface area contributed by atoms with Crippen molar-refractivity contribution in [2.24, 2.45) is 12.0 Å². The number of halogens is 2. The number of nitrogens with one attached hydrogen (secondary N) is 3. The summed E-state index contributed by atoms with van der Waals surface area (Å²) >= 11 is 0. The number of amides is 1. The van der Waals surface area contributed by atoms with Gasteiger partial charge in [0.15, 0.2) is 5.96 Å². The van der Waals surface area contributed by atoms with E-state index in [4.69, 9.17) is 0 Å². The van der Waals surface area contributed by atoms with Crippen LogP contribution in [0.15, 0.2) is 29.5 Å². The highest BCUT2D eigenvalue weighted by atomic mass is 127. The van der Waals surface area contributed by atoms with Crippen molar-refractivity contribution < 1.29 is 9.18 Å². The zero-order chi connectivity index (χ0) is 18.9. The molecule has 0 aliphatic heterocycles. The molecular weight excluding hydrogens is 464 g/mol. The average molecular weight is 489 g/mol. The van der Waals surface area contributed by atoms with Crippen LogP contribution in [0, 0.1) is 12.7 Å². The van der Waals surface area contributed by atoms with Crippen LogP contribution in [0.25, 0.3) is 0 Å². The highest BCUT2D eigenvalue weighted by Crippen LogP contribution is 2.08. The van der Waals surface area contributed by atoms with Crippen molar-refractivity contribution in [1.82, 2.24) is 30.7 Å². The first-order chi connectivity index (χ1) is 12.5. The van der Waals surface area contributed by atoms with Gasteiger partial charge in [-0.15, -0.1) is 24.0 Å². The molecule has 0 saturated carbocycles. The molecule has 0 aliphatic rings. The van der Waals surface area contributed by atoms with Gasteiger partial charge in [-0.2, -0.15) is 5.10 Å². The van der Waals surface area contributed by atoms with E-state index in [0.29, 0.717) is 43.3 Å². The Balaban J connectivity index is 0.00000364. The summed E-state index contributed by atoms with van der Waals surface area (Å²) in [6, 6.07) is 4.43. The number of hydrogen-bond acceptors (Lipinski definition) is 4. The third-order valence-corrected chi connectivity index (χ3v) is 3.66. The number of carbonyl (C=O) groups is 1. The minimum absolute atomic E-state index is 0. The van der Waals surface area contributed by atoms with Crippen molar-refractivity contribution in [3.63, 3.8) is 0 Å². The lowest BCUT2D eigenvalue weighted by molar-refractivity contribution is 0.0954. The van der Waals surface area contributed by atoms with Crippen molar-refractivity contribution in [3.05, 3.63) is 47.3 Å². The first-order valence-electron chi connectivity index (χ1n) is 8.40. The van der Waals surface area contributed by atoms with Crippen molar-refractivity contribution in [2.75, 3.05) is 19.6 Å². The number of guanidine groups is 1. The van der Waals surface area contributed by atoms with E-state index in [1.807, 2.05) is 14.0 Å². The molecule has 1 amide bonds. The molecule has 1 heterocycles. The summed E-state index contributed by atoms with van der Waals surface area (Å²) in [5.41, 5.74) is 0.813. The van der Waals surface area contributed by atoms with Crippen LogP contribution in [0.4, 0.5) is 4.39 Å². The molecule has 0 fully saturated rings. The van der Waals surface area contributed by atoms with Gasteiger partial charge in [-0.1, -0.05) is 6.07 Å². The van der Waals surface area contributed by atoms with E-state index in [2.05, 4.69) is 31.0 Å². The Morgan fingerprint density at radius 1 is 1.26 bits per heavy atom. The standard InChI is InChI=1S/C17H24FN7O.HI/c1-4-19-17(22-10-15-23-11-24-25(15)3)21-8-7-20-16(26)13-6-5-12(2)14(18)9-13;/h5-6,9,11H,4,7-8,10H2,1-3H3,(H,20,26)(H2,19,21,22);1H.